The van der Waals surface area contributed by atoms with Gasteiger partial charge in [0.2, 0.25) is 5.91 Å². The number of carbonyl (C=O) groups is 4. The van der Waals surface area contributed by atoms with E-state index in [0.29, 0.717) is 59.3 Å². The van der Waals surface area contributed by atoms with E-state index < -0.39 is 39.5 Å². The fourth-order valence-electron chi connectivity index (χ4n) is 9.00. The minimum absolute atomic E-state index is 0.0238. The molecule has 3 aliphatic heterocycles. The van der Waals surface area contributed by atoms with E-state index in [4.69, 9.17) is 21.1 Å². The predicted molar refractivity (Wildman–Crippen MR) is 267 cm³/mol. The summed E-state index contributed by atoms with van der Waals surface area (Å²) in [5, 5.41) is 12.3. The molecule has 0 bridgehead atoms. The summed E-state index contributed by atoms with van der Waals surface area (Å²) in [6.45, 7) is 5.54. The van der Waals surface area contributed by atoms with Crippen LogP contribution in [0.25, 0.3) is 0 Å². The van der Waals surface area contributed by atoms with Crippen LogP contribution in [-0.2, 0) is 26.2 Å². The van der Waals surface area contributed by atoms with Crippen LogP contribution in [0.15, 0.2) is 89.8 Å². The molecule has 0 aliphatic carbocycles. The Hall–Kier alpha value is -5.43. The third-order valence-corrected chi connectivity index (χ3v) is 16.4. The fraction of sp³-hybridized carbons (Fsp3) is 0.451. The van der Waals surface area contributed by atoms with Gasteiger partial charge < -0.3 is 35.6 Å². The number of rotatable bonds is 25. The highest BCUT2D eigenvalue weighted by Gasteiger charge is 2.42. The molecule has 4 N–H and O–H groups in total. The molecule has 3 aliphatic rings. The number of ketones is 1. The van der Waals surface area contributed by atoms with Gasteiger partial charge in [-0.05, 0) is 119 Å². The first kappa shape index (κ1) is 52.4. The third-order valence-electron chi connectivity index (χ3n) is 12.8. The van der Waals surface area contributed by atoms with Gasteiger partial charge >= 0.3 is 12.1 Å². The van der Waals surface area contributed by atoms with E-state index in [9.17, 15) is 32.0 Å². The lowest BCUT2D eigenvalue weighted by molar-refractivity contribution is -0.121. The molecule has 0 radical (unpaired) electrons. The van der Waals surface area contributed by atoms with E-state index in [0.717, 1.165) is 92.8 Å². The number of nitrogens with one attached hydrogen (secondary N) is 4. The van der Waals surface area contributed by atoms with Gasteiger partial charge in [0.1, 0.15) is 24.0 Å². The number of halogens is 3. The van der Waals surface area contributed by atoms with Crippen molar-refractivity contribution in [3.63, 3.8) is 0 Å². The molecule has 4 atom stereocenters. The number of ether oxygens (including phenoxy) is 2. The molecule has 4 aromatic rings. The summed E-state index contributed by atoms with van der Waals surface area (Å²) in [6, 6.07) is 18.4. The maximum Gasteiger partial charge on any atom is 0.407 e. The largest absolute Gasteiger partial charge is 0.493 e. The number of benzene rings is 4. The van der Waals surface area contributed by atoms with Crippen LogP contribution in [0, 0.1) is 11.6 Å². The van der Waals surface area contributed by atoms with Crippen LogP contribution in [0.4, 0.5) is 24.1 Å². The number of hydrogen-bond acceptors (Lipinski definition) is 10. The lowest BCUT2D eigenvalue weighted by atomic mass is 9.98. The van der Waals surface area contributed by atoms with Crippen molar-refractivity contribution in [2.24, 2.45) is 0 Å². The SMILES string of the molecule is CC(c1ccc(C(=O)c2ccc(COC(=O)NCCCCCNC(=O)CCCC[C@@H]3SC[C@@H]4NC(=O)N[C@@H]43)cc2)cc1OCCCN1CCCC1)N(c1cc(F)ccc1F)S(=O)(=O)c1ccc(Cl)cc1. The third kappa shape index (κ3) is 14.1. The first-order valence-corrected chi connectivity index (χ1v) is 26.9. The number of sulfonamides is 1. The summed E-state index contributed by atoms with van der Waals surface area (Å²) in [7, 11) is -4.53. The van der Waals surface area contributed by atoms with Crippen molar-refractivity contribution >= 4 is 62.9 Å². The zero-order chi connectivity index (χ0) is 49.6. The van der Waals surface area contributed by atoms with Crippen LogP contribution in [0.2, 0.25) is 5.02 Å². The summed E-state index contributed by atoms with van der Waals surface area (Å²) >= 11 is 7.95. The Balaban J connectivity index is 0.895. The van der Waals surface area contributed by atoms with E-state index >= 15 is 4.39 Å². The second-order valence-electron chi connectivity index (χ2n) is 17.8. The molecule has 0 spiro atoms. The number of thioether (sulfide) groups is 1. The molecule has 14 nitrogen and oxygen atoms in total. The van der Waals surface area contributed by atoms with Crippen LogP contribution in [0.5, 0.6) is 5.75 Å². The Morgan fingerprint density at radius 2 is 1.60 bits per heavy atom. The molecule has 19 heteroatoms. The molecule has 3 heterocycles. The average Bonchev–Trinajstić information content (AvgIpc) is 4.10. The van der Waals surface area contributed by atoms with Crippen LogP contribution in [0.3, 0.4) is 0 Å². The minimum Gasteiger partial charge on any atom is -0.493 e. The number of hydrogen-bond donors (Lipinski definition) is 4. The van der Waals surface area contributed by atoms with Crippen molar-refractivity contribution in [1.29, 1.82) is 0 Å². The first-order valence-electron chi connectivity index (χ1n) is 24.0. The number of nitrogens with zero attached hydrogens (tertiary/aromatic N) is 2. The zero-order valence-electron chi connectivity index (χ0n) is 39.2. The number of fused-ring (bicyclic) bond motifs is 1. The zero-order valence-corrected chi connectivity index (χ0v) is 41.6. The van der Waals surface area contributed by atoms with E-state index in [2.05, 4.69) is 26.2 Å². The maximum absolute atomic E-state index is 15.6. The first-order chi connectivity index (χ1) is 33.8. The fourth-order valence-corrected chi connectivity index (χ4v) is 12.3. The highest BCUT2D eigenvalue weighted by Crippen LogP contribution is 2.40. The van der Waals surface area contributed by atoms with Gasteiger partial charge in [-0.3, -0.25) is 13.9 Å². The summed E-state index contributed by atoms with van der Waals surface area (Å²) in [5.74, 6) is -0.968. The number of urea groups is 1. The molecule has 4 amide bonds. The highest BCUT2D eigenvalue weighted by molar-refractivity contribution is 8.00. The van der Waals surface area contributed by atoms with Crippen molar-refractivity contribution < 1.29 is 45.9 Å². The quantitative estimate of drug-likeness (QED) is 0.0285. The lowest BCUT2D eigenvalue weighted by Gasteiger charge is -2.32. The predicted octanol–water partition coefficient (Wildman–Crippen LogP) is 8.91. The molecule has 4 aromatic carbocycles. The summed E-state index contributed by atoms with van der Waals surface area (Å²) in [5.41, 5.74) is 1.07. The van der Waals surface area contributed by atoms with Gasteiger partial charge in [0, 0.05) is 64.8 Å². The van der Waals surface area contributed by atoms with Crippen molar-refractivity contribution in [3.8, 4) is 5.75 Å². The Bertz CT molecular complexity index is 2550. The lowest BCUT2D eigenvalue weighted by Crippen LogP contribution is -2.36. The van der Waals surface area contributed by atoms with Crippen LogP contribution in [0.1, 0.15) is 104 Å². The standard InChI is InChI=1S/C51H61ClF2N6O8S2/c1-34(60(44-31-39(53)19-23-42(44)54)70(65,66)40-20-17-38(52)18-21-40)41-22-16-37(30-45(41)67-29-9-28-59-26-7-8-27-59)49(62)36-14-12-35(13-15-36)32-68-51(64)56-25-6-2-5-24-55-47(61)11-4-3-10-46-48-43(33-69-46)57-50(63)58-48/h12-23,30-31,34,43,46,48H,2-11,24-29,32-33H2,1H3,(H,55,61)(H,56,64)(H2,57,58,63)/t34?,43-,46-,48-/m0/s1. The Morgan fingerprint density at radius 1 is 0.871 bits per heavy atom. The van der Waals surface area contributed by atoms with E-state index in [1.54, 1.807) is 49.4 Å². The molecule has 70 heavy (non-hydrogen) atoms. The number of alkyl carbamates (subject to hydrolysis) is 1. The normalized spacial score (nSPS) is 18.1. The van der Waals surface area contributed by atoms with Crippen LogP contribution in [-0.4, -0.2) is 99.5 Å². The smallest absolute Gasteiger partial charge is 0.407 e. The number of amides is 4. The molecular formula is C51H61ClF2N6O8S2. The molecular weight excluding hydrogens is 962 g/mol. The van der Waals surface area contributed by atoms with Crippen molar-refractivity contribution in [1.82, 2.24) is 26.2 Å². The number of likely N-dealkylation sites (tertiary alicyclic amines) is 1. The number of unbranched alkanes of at least 4 members (excludes halogenated alkanes) is 3. The summed E-state index contributed by atoms with van der Waals surface area (Å²) in [6.07, 6.45) is 7.83. The van der Waals surface area contributed by atoms with Gasteiger partial charge in [0.25, 0.3) is 10.0 Å². The van der Waals surface area contributed by atoms with Gasteiger partial charge in [-0.2, -0.15) is 11.8 Å². The molecule has 0 aromatic heterocycles. The minimum atomic E-state index is -4.53. The van der Waals surface area contributed by atoms with Crippen molar-refractivity contribution in [2.45, 2.75) is 106 Å². The van der Waals surface area contributed by atoms with Gasteiger partial charge in [0.05, 0.1) is 35.3 Å². The summed E-state index contributed by atoms with van der Waals surface area (Å²) in [4.78, 5) is 52.4. The Morgan fingerprint density at radius 3 is 2.36 bits per heavy atom. The monoisotopic (exact) mass is 1020 g/mol. The second kappa shape index (κ2) is 25.1. The average molecular weight is 1020 g/mol. The van der Waals surface area contributed by atoms with Gasteiger partial charge in [-0.15, -0.1) is 0 Å². The van der Waals surface area contributed by atoms with Gasteiger partial charge in [-0.25, -0.2) is 26.8 Å². The molecule has 0 saturated carbocycles. The van der Waals surface area contributed by atoms with E-state index in [1.165, 1.54) is 24.3 Å². The highest BCUT2D eigenvalue weighted by atomic mass is 35.5. The summed E-state index contributed by atoms with van der Waals surface area (Å²) < 4.78 is 71.5. The molecule has 376 valence electrons. The van der Waals surface area contributed by atoms with E-state index in [-0.39, 0.29) is 59.2 Å². The Labute approximate surface area is 418 Å². The second-order valence-corrected chi connectivity index (χ2v) is 21.4. The number of carbonyl (C=O) groups excluding carboxylic acids is 4. The van der Waals surface area contributed by atoms with Crippen LogP contribution >= 0.6 is 23.4 Å². The molecule has 1 unspecified atom stereocenters. The molecule has 7 rings (SSSR count). The topological polar surface area (TPSA) is 175 Å². The number of anilines is 1. The van der Waals surface area contributed by atoms with E-state index in [1.807, 2.05) is 11.8 Å². The van der Waals surface area contributed by atoms with Gasteiger partial charge in [0.15, 0.2) is 5.78 Å². The molecule has 3 saturated heterocycles. The van der Waals surface area contributed by atoms with Crippen LogP contribution < -0.4 is 30.3 Å². The van der Waals surface area contributed by atoms with Gasteiger partial charge in [-0.1, -0.05) is 54.4 Å². The molecule has 3 fully saturated rings. The van der Waals surface area contributed by atoms with Crippen molar-refractivity contribution in [2.75, 3.05) is 49.4 Å². The maximum atomic E-state index is 15.6. The van der Waals surface area contributed by atoms with Crippen molar-refractivity contribution in [3.05, 3.63) is 124 Å². The Kier molecular flexibility index (Phi) is 18.8.